The van der Waals surface area contributed by atoms with Gasteiger partial charge in [-0.3, -0.25) is 9.20 Å². The van der Waals surface area contributed by atoms with Gasteiger partial charge in [-0.1, -0.05) is 36.4 Å². The zero-order valence-corrected chi connectivity index (χ0v) is 14.2. The molecule has 27 heavy (non-hydrogen) atoms. The van der Waals surface area contributed by atoms with Crippen LogP contribution in [0, 0.1) is 0 Å². The van der Waals surface area contributed by atoms with Gasteiger partial charge in [0.15, 0.2) is 0 Å². The number of hydrogen-bond donors (Lipinski definition) is 2. The van der Waals surface area contributed by atoms with E-state index in [-0.39, 0.29) is 17.0 Å². The number of benzene rings is 2. The summed E-state index contributed by atoms with van der Waals surface area (Å²) in [7, 11) is 0. The molecule has 4 aromatic rings. The van der Waals surface area contributed by atoms with Gasteiger partial charge in [0.25, 0.3) is 5.56 Å². The normalized spacial score (nSPS) is 14.9. The number of carboxylic acid groups (broad SMARTS) is 1. The smallest absolute Gasteiger partial charge is 0.335 e. The lowest BCUT2D eigenvalue weighted by Crippen LogP contribution is -2.15. The van der Waals surface area contributed by atoms with Gasteiger partial charge in [-0.05, 0) is 29.7 Å². The average Bonchev–Trinajstić information content (AvgIpc) is 3.27. The van der Waals surface area contributed by atoms with Gasteiger partial charge in [-0.2, -0.15) is 0 Å². The van der Waals surface area contributed by atoms with Gasteiger partial charge in [0.1, 0.15) is 0 Å². The molecule has 132 valence electrons. The second-order valence-corrected chi connectivity index (χ2v) is 6.68. The number of carboxylic acids is 1. The molecule has 0 saturated heterocycles. The van der Waals surface area contributed by atoms with Gasteiger partial charge >= 0.3 is 5.97 Å². The molecule has 0 bridgehead atoms. The second kappa shape index (κ2) is 5.67. The molecule has 2 aromatic carbocycles. The number of aromatic nitrogens is 3. The Bertz CT molecular complexity index is 1250. The van der Waals surface area contributed by atoms with E-state index in [0.717, 1.165) is 28.1 Å². The van der Waals surface area contributed by atoms with Crippen LogP contribution in [0.15, 0.2) is 65.7 Å². The molecular weight excluding hydrogens is 342 g/mol. The maximum Gasteiger partial charge on any atom is 0.335 e. The minimum absolute atomic E-state index is 0.0421. The standard InChI is InChI=1S/C21H15N3O3/c25-20-19-22-9-10-24(19)18-16(11-12-5-7-13(8-6-12)21(26)27)14-3-1-2-4-15(14)17(18)23-20/h1-10,16H,11H2,(H,23,25)(H,26,27). The quantitative estimate of drug-likeness (QED) is 0.590. The molecule has 2 aromatic heterocycles. The lowest BCUT2D eigenvalue weighted by Gasteiger charge is -2.15. The molecule has 1 aliphatic carbocycles. The van der Waals surface area contributed by atoms with Crippen LogP contribution in [0.1, 0.15) is 33.1 Å². The van der Waals surface area contributed by atoms with E-state index in [9.17, 15) is 9.59 Å². The van der Waals surface area contributed by atoms with Crippen LogP contribution < -0.4 is 5.56 Å². The van der Waals surface area contributed by atoms with Crippen molar-refractivity contribution in [3.05, 3.63) is 93.7 Å². The Morgan fingerprint density at radius 1 is 1.15 bits per heavy atom. The van der Waals surface area contributed by atoms with E-state index in [1.165, 1.54) is 0 Å². The molecule has 0 fully saturated rings. The molecule has 1 unspecified atom stereocenters. The third kappa shape index (κ3) is 2.30. The fraction of sp³-hybridized carbons (Fsp3) is 0.0952. The maximum absolute atomic E-state index is 12.4. The molecule has 2 N–H and O–H groups in total. The Hall–Kier alpha value is -3.67. The summed E-state index contributed by atoms with van der Waals surface area (Å²) in [4.78, 5) is 30.7. The highest BCUT2D eigenvalue weighted by Crippen LogP contribution is 2.44. The fourth-order valence-corrected chi connectivity index (χ4v) is 3.97. The van der Waals surface area contributed by atoms with Gasteiger partial charge in [0, 0.05) is 23.9 Å². The topological polar surface area (TPSA) is 87.5 Å². The van der Waals surface area contributed by atoms with Crippen LogP contribution in [0.2, 0.25) is 0 Å². The predicted molar refractivity (Wildman–Crippen MR) is 100 cm³/mol. The number of aromatic amines is 1. The Morgan fingerprint density at radius 2 is 1.93 bits per heavy atom. The van der Waals surface area contributed by atoms with Gasteiger partial charge in [-0.15, -0.1) is 0 Å². The largest absolute Gasteiger partial charge is 0.478 e. The van der Waals surface area contributed by atoms with E-state index in [0.29, 0.717) is 12.1 Å². The summed E-state index contributed by atoms with van der Waals surface area (Å²) in [5.41, 5.74) is 5.48. The first-order valence-electron chi connectivity index (χ1n) is 8.64. The molecule has 6 heteroatoms. The molecule has 0 aliphatic heterocycles. The fourth-order valence-electron chi connectivity index (χ4n) is 3.97. The number of carbonyl (C=O) groups is 1. The van der Waals surface area contributed by atoms with E-state index in [1.807, 2.05) is 40.9 Å². The first-order chi connectivity index (χ1) is 13.1. The van der Waals surface area contributed by atoms with Crippen LogP contribution in [0.4, 0.5) is 0 Å². The van der Waals surface area contributed by atoms with Crippen LogP contribution in [-0.4, -0.2) is 25.4 Å². The number of nitrogens with zero attached hydrogens (tertiary/aromatic N) is 2. The van der Waals surface area contributed by atoms with Crippen LogP contribution in [0.3, 0.4) is 0 Å². The lowest BCUT2D eigenvalue weighted by atomic mass is 9.92. The highest BCUT2D eigenvalue weighted by atomic mass is 16.4. The number of imidazole rings is 1. The number of rotatable bonds is 3. The van der Waals surface area contributed by atoms with Gasteiger partial charge < -0.3 is 10.1 Å². The number of H-pyrrole nitrogens is 1. The van der Waals surface area contributed by atoms with Crippen molar-refractivity contribution < 1.29 is 9.90 Å². The molecule has 0 radical (unpaired) electrons. The second-order valence-electron chi connectivity index (χ2n) is 6.68. The van der Waals surface area contributed by atoms with Crippen LogP contribution in [-0.2, 0) is 6.42 Å². The number of fused-ring (bicyclic) bond motifs is 5. The summed E-state index contributed by atoms with van der Waals surface area (Å²) in [6.07, 6.45) is 4.14. The molecule has 0 amide bonds. The minimum atomic E-state index is -0.934. The number of aromatic carboxylic acids is 1. The van der Waals surface area contributed by atoms with Crippen molar-refractivity contribution in [2.24, 2.45) is 0 Å². The van der Waals surface area contributed by atoms with E-state index >= 15 is 0 Å². The molecule has 6 nitrogen and oxygen atoms in total. The van der Waals surface area contributed by atoms with Crippen molar-refractivity contribution >= 4 is 11.6 Å². The van der Waals surface area contributed by atoms with Crippen LogP contribution in [0.5, 0.6) is 0 Å². The third-order valence-corrected chi connectivity index (χ3v) is 5.17. The van der Waals surface area contributed by atoms with Crippen molar-refractivity contribution in [2.75, 3.05) is 0 Å². The molecule has 5 rings (SSSR count). The predicted octanol–water partition coefficient (Wildman–Crippen LogP) is 3.08. The van der Waals surface area contributed by atoms with E-state index in [4.69, 9.17) is 5.11 Å². The molecule has 2 heterocycles. The molecule has 1 atom stereocenters. The lowest BCUT2D eigenvalue weighted by molar-refractivity contribution is 0.0697. The summed E-state index contributed by atoms with van der Waals surface area (Å²) in [6.45, 7) is 0. The summed E-state index contributed by atoms with van der Waals surface area (Å²) in [5, 5.41) is 9.10. The average molecular weight is 357 g/mol. The van der Waals surface area contributed by atoms with Crippen molar-refractivity contribution in [3.8, 4) is 11.3 Å². The van der Waals surface area contributed by atoms with E-state index in [2.05, 4.69) is 16.0 Å². The van der Waals surface area contributed by atoms with Gasteiger partial charge in [-0.25, -0.2) is 9.78 Å². The van der Waals surface area contributed by atoms with E-state index < -0.39 is 5.97 Å². The first-order valence-corrected chi connectivity index (χ1v) is 8.64. The zero-order valence-electron chi connectivity index (χ0n) is 14.2. The number of hydrogen-bond acceptors (Lipinski definition) is 3. The summed E-state index contributed by atoms with van der Waals surface area (Å²) in [5.74, 6) is -0.892. The Morgan fingerprint density at radius 3 is 2.70 bits per heavy atom. The van der Waals surface area contributed by atoms with Crippen molar-refractivity contribution in [1.29, 1.82) is 0 Å². The minimum Gasteiger partial charge on any atom is -0.478 e. The zero-order chi connectivity index (χ0) is 18.5. The Labute approximate surface area is 153 Å². The molecular formula is C21H15N3O3. The van der Waals surface area contributed by atoms with Crippen molar-refractivity contribution in [3.63, 3.8) is 0 Å². The van der Waals surface area contributed by atoms with Crippen molar-refractivity contribution in [2.45, 2.75) is 12.3 Å². The van der Waals surface area contributed by atoms with E-state index in [1.54, 1.807) is 18.3 Å². The summed E-state index contributed by atoms with van der Waals surface area (Å²) >= 11 is 0. The van der Waals surface area contributed by atoms with Crippen molar-refractivity contribution in [1.82, 2.24) is 14.4 Å². The van der Waals surface area contributed by atoms with Crippen LogP contribution >= 0.6 is 0 Å². The summed E-state index contributed by atoms with van der Waals surface area (Å²) in [6, 6.07) is 15.0. The Kier molecular flexibility index (Phi) is 3.27. The van der Waals surface area contributed by atoms with Crippen LogP contribution in [0.25, 0.3) is 16.9 Å². The molecule has 1 aliphatic rings. The summed E-state index contributed by atoms with van der Waals surface area (Å²) < 4.78 is 1.87. The Balaban J connectivity index is 1.68. The highest BCUT2D eigenvalue weighted by Gasteiger charge is 2.32. The first kappa shape index (κ1) is 15.6. The maximum atomic E-state index is 12.4. The van der Waals surface area contributed by atoms with Gasteiger partial charge in [0.2, 0.25) is 5.65 Å². The molecule has 0 spiro atoms. The highest BCUT2D eigenvalue weighted by molar-refractivity contribution is 5.87. The van der Waals surface area contributed by atoms with Gasteiger partial charge in [0.05, 0.1) is 17.0 Å². The molecule has 0 saturated carbocycles. The SMILES string of the molecule is O=C(O)c1ccc(CC2c3ccccc3-c3[nH]c(=O)c4nccn4c32)cc1. The monoisotopic (exact) mass is 357 g/mol. The third-order valence-electron chi connectivity index (χ3n) is 5.17. The number of nitrogens with one attached hydrogen (secondary N) is 1.